The molecule has 0 fully saturated rings. The zero-order chi connectivity index (χ0) is 15.7. The molecule has 1 amide bonds. The second-order valence-corrected chi connectivity index (χ2v) is 5.19. The van der Waals surface area contributed by atoms with Gasteiger partial charge in [-0.25, -0.2) is 0 Å². The molecule has 1 aromatic rings. The fourth-order valence-corrected chi connectivity index (χ4v) is 2.23. The van der Waals surface area contributed by atoms with E-state index in [-0.39, 0.29) is 11.9 Å². The van der Waals surface area contributed by atoms with Crippen LogP contribution in [0.25, 0.3) is 0 Å². The van der Waals surface area contributed by atoms with Crippen molar-refractivity contribution in [3.8, 4) is 5.75 Å². The third-order valence-electron chi connectivity index (χ3n) is 3.55. The van der Waals surface area contributed by atoms with E-state index in [0.29, 0.717) is 6.54 Å². The molecule has 1 aromatic carbocycles. The van der Waals surface area contributed by atoms with Gasteiger partial charge in [-0.2, -0.15) is 0 Å². The lowest BCUT2D eigenvalue weighted by molar-refractivity contribution is -0.127. The smallest absolute Gasteiger partial charge is 0.260 e. The average molecular weight is 292 g/mol. The maximum Gasteiger partial charge on any atom is 0.260 e. The summed E-state index contributed by atoms with van der Waals surface area (Å²) in [4.78, 5) is 12.0. The molecule has 0 aromatic heterocycles. The molecule has 4 heteroatoms. The van der Waals surface area contributed by atoms with E-state index in [0.717, 1.165) is 30.6 Å². The lowest BCUT2D eigenvalue weighted by Crippen LogP contribution is -2.37. The molecule has 0 saturated heterocycles. The first-order valence-corrected chi connectivity index (χ1v) is 7.84. The summed E-state index contributed by atoms with van der Waals surface area (Å²) in [6.07, 6.45) is 2.54. The fourth-order valence-electron chi connectivity index (χ4n) is 2.23. The highest BCUT2D eigenvalue weighted by molar-refractivity contribution is 5.80. The van der Waals surface area contributed by atoms with E-state index in [2.05, 4.69) is 24.5 Å². The van der Waals surface area contributed by atoms with Crippen molar-refractivity contribution in [3.63, 3.8) is 0 Å². The molecule has 0 heterocycles. The summed E-state index contributed by atoms with van der Waals surface area (Å²) in [6.45, 7) is 6.72. The van der Waals surface area contributed by atoms with Crippen molar-refractivity contribution in [2.45, 2.75) is 52.2 Å². The lowest BCUT2D eigenvalue weighted by Gasteiger charge is -2.21. The van der Waals surface area contributed by atoms with Crippen molar-refractivity contribution in [2.75, 3.05) is 13.6 Å². The Morgan fingerprint density at radius 2 is 2.00 bits per heavy atom. The number of para-hydroxylation sites is 1. The van der Waals surface area contributed by atoms with Gasteiger partial charge < -0.3 is 15.4 Å². The highest BCUT2D eigenvalue weighted by Gasteiger charge is 2.18. The molecule has 0 saturated carbocycles. The summed E-state index contributed by atoms with van der Waals surface area (Å²) in [5.41, 5.74) is 1.09. The summed E-state index contributed by atoms with van der Waals surface area (Å²) in [7, 11) is 1.94. The van der Waals surface area contributed by atoms with Crippen LogP contribution >= 0.6 is 0 Å². The second kappa shape index (κ2) is 9.40. The van der Waals surface area contributed by atoms with E-state index in [1.165, 1.54) is 0 Å². The largest absolute Gasteiger partial charge is 0.481 e. The zero-order valence-corrected chi connectivity index (χ0v) is 13.6. The van der Waals surface area contributed by atoms with Gasteiger partial charge >= 0.3 is 0 Å². The van der Waals surface area contributed by atoms with Crippen molar-refractivity contribution >= 4 is 5.91 Å². The van der Waals surface area contributed by atoms with E-state index in [9.17, 15) is 4.79 Å². The molecule has 2 N–H and O–H groups in total. The average Bonchev–Trinajstić information content (AvgIpc) is 2.50. The van der Waals surface area contributed by atoms with Crippen LogP contribution in [-0.4, -0.2) is 25.6 Å². The van der Waals surface area contributed by atoms with E-state index in [1.54, 1.807) is 6.92 Å². The number of ether oxygens (including phenoxy) is 1. The van der Waals surface area contributed by atoms with Gasteiger partial charge in [0, 0.05) is 18.2 Å². The Hall–Kier alpha value is -1.55. The number of nitrogens with one attached hydrogen (secondary N) is 2. The van der Waals surface area contributed by atoms with Crippen LogP contribution in [0.2, 0.25) is 0 Å². The normalized spacial score (nSPS) is 13.5. The van der Waals surface area contributed by atoms with E-state index in [1.807, 2.05) is 31.3 Å². The minimum atomic E-state index is -0.489. The topological polar surface area (TPSA) is 50.4 Å². The van der Waals surface area contributed by atoms with Crippen molar-refractivity contribution in [2.24, 2.45) is 0 Å². The maximum atomic E-state index is 12.0. The molecular formula is C17H28N2O2. The van der Waals surface area contributed by atoms with E-state index in [4.69, 9.17) is 4.74 Å². The first kappa shape index (κ1) is 17.5. The third-order valence-corrected chi connectivity index (χ3v) is 3.55. The number of rotatable bonds is 9. The first-order valence-electron chi connectivity index (χ1n) is 7.84. The van der Waals surface area contributed by atoms with Crippen LogP contribution in [0.3, 0.4) is 0 Å². The molecule has 4 nitrogen and oxygen atoms in total. The third kappa shape index (κ3) is 5.38. The highest BCUT2D eigenvalue weighted by atomic mass is 16.5. The van der Waals surface area contributed by atoms with Crippen LogP contribution in [-0.2, 0) is 4.79 Å². The molecule has 118 valence electrons. The monoisotopic (exact) mass is 292 g/mol. The number of hydrogen-bond donors (Lipinski definition) is 2. The molecule has 1 rings (SSSR count). The van der Waals surface area contributed by atoms with Crippen LogP contribution < -0.4 is 15.4 Å². The van der Waals surface area contributed by atoms with Crippen LogP contribution in [0.15, 0.2) is 24.3 Å². The molecule has 0 radical (unpaired) electrons. The molecule has 21 heavy (non-hydrogen) atoms. The van der Waals surface area contributed by atoms with Crippen LogP contribution in [0.5, 0.6) is 5.75 Å². The standard InChI is InChI=1S/C17H28N2O2/c1-5-7-12-19-17(20)13(3)21-16-11-9-8-10-14(16)15(6-2)18-4/h8-11,13,15,18H,5-7,12H2,1-4H3,(H,19,20). The Bertz CT molecular complexity index is 431. The SMILES string of the molecule is CCCCNC(=O)C(C)Oc1ccccc1C(CC)NC. The van der Waals surface area contributed by atoms with E-state index < -0.39 is 6.10 Å². The minimum Gasteiger partial charge on any atom is -0.481 e. The van der Waals surface area contributed by atoms with Crippen LogP contribution in [0.4, 0.5) is 0 Å². The van der Waals surface area contributed by atoms with Crippen molar-refractivity contribution in [3.05, 3.63) is 29.8 Å². The summed E-state index contributed by atoms with van der Waals surface area (Å²) in [5, 5.41) is 6.17. The highest BCUT2D eigenvalue weighted by Crippen LogP contribution is 2.27. The van der Waals surface area contributed by atoms with Gasteiger partial charge in [0.15, 0.2) is 6.10 Å². The number of amides is 1. The number of carbonyl (C=O) groups is 1. The van der Waals surface area contributed by atoms with Crippen molar-refractivity contribution in [1.82, 2.24) is 10.6 Å². The van der Waals surface area contributed by atoms with Crippen LogP contribution in [0, 0.1) is 0 Å². The Morgan fingerprint density at radius 1 is 1.29 bits per heavy atom. The molecule has 2 atom stereocenters. The van der Waals surface area contributed by atoms with Gasteiger partial charge in [0.1, 0.15) is 5.75 Å². The summed E-state index contributed by atoms with van der Waals surface area (Å²) in [6, 6.07) is 8.13. The van der Waals surface area contributed by atoms with Crippen LogP contribution in [0.1, 0.15) is 51.6 Å². The fraction of sp³-hybridized carbons (Fsp3) is 0.588. The number of benzene rings is 1. The van der Waals surface area contributed by atoms with Gasteiger partial charge in [0.25, 0.3) is 5.91 Å². The van der Waals surface area contributed by atoms with Gasteiger partial charge in [-0.3, -0.25) is 4.79 Å². The van der Waals surface area contributed by atoms with Gasteiger partial charge in [-0.05, 0) is 32.9 Å². The predicted molar refractivity (Wildman–Crippen MR) is 86.5 cm³/mol. The number of carbonyl (C=O) groups excluding carboxylic acids is 1. The Kier molecular flexibility index (Phi) is 7.83. The molecule has 0 spiro atoms. The number of hydrogen-bond acceptors (Lipinski definition) is 3. The van der Waals surface area contributed by atoms with Gasteiger partial charge in [0.2, 0.25) is 0 Å². The predicted octanol–water partition coefficient (Wildman–Crippen LogP) is 3.04. The van der Waals surface area contributed by atoms with Gasteiger partial charge in [0.05, 0.1) is 0 Å². The Balaban J connectivity index is 2.71. The summed E-state index contributed by atoms with van der Waals surface area (Å²) in [5.74, 6) is 0.715. The van der Waals surface area contributed by atoms with E-state index >= 15 is 0 Å². The number of unbranched alkanes of at least 4 members (excludes halogenated alkanes) is 1. The molecule has 2 unspecified atom stereocenters. The quantitative estimate of drug-likeness (QED) is 0.688. The molecule has 0 bridgehead atoms. The molecular weight excluding hydrogens is 264 g/mol. The molecule has 0 aliphatic carbocycles. The molecule has 0 aliphatic heterocycles. The Morgan fingerprint density at radius 3 is 2.62 bits per heavy atom. The Labute approximate surface area is 128 Å². The van der Waals surface area contributed by atoms with Gasteiger partial charge in [-0.15, -0.1) is 0 Å². The molecule has 0 aliphatic rings. The second-order valence-electron chi connectivity index (χ2n) is 5.19. The summed E-state index contributed by atoms with van der Waals surface area (Å²) >= 11 is 0. The summed E-state index contributed by atoms with van der Waals surface area (Å²) < 4.78 is 5.87. The van der Waals surface area contributed by atoms with Crippen molar-refractivity contribution < 1.29 is 9.53 Å². The maximum absolute atomic E-state index is 12.0. The lowest BCUT2D eigenvalue weighted by atomic mass is 10.0. The zero-order valence-electron chi connectivity index (χ0n) is 13.6. The van der Waals surface area contributed by atoms with Gasteiger partial charge in [-0.1, -0.05) is 38.5 Å². The van der Waals surface area contributed by atoms with Crippen molar-refractivity contribution in [1.29, 1.82) is 0 Å². The minimum absolute atomic E-state index is 0.0595. The first-order chi connectivity index (χ1) is 10.1.